The molecular weight excluding hydrogens is 260 g/mol. The Morgan fingerprint density at radius 1 is 1.20 bits per heavy atom. The van der Waals surface area contributed by atoms with Crippen molar-refractivity contribution in [3.05, 3.63) is 22.7 Å². The Morgan fingerprint density at radius 2 is 1.93 bits per heavy atom. The number of nitrogen functional groups attached to an aromatic ring is 3. The van der Waals surface area contributed by atoms with Gasteiger partial charge in [0.1, 0.15) is 0 Å². The molecule has 2 rings (SSSR count). The van der Waals surface area contributed by atoms with Crippen LogP contribution < -0.4 is 17.3 Å². The van der Waals surface area contributed by atoms with Crippen molar-refractivity contribution >= 4 is 27.6 Å². The molecule has 0 atom stereocenters. The van der Waals surface area contributed by atoms with Crippen molar-refractivity contribution in [2.75, 3.05) is 17.3 Å². The van der Waals surface area contributed by atoms with Gasteiger partial charge in [-0.3, -0.25) is 0 Å². The lowest BCUT2D eigenvalue weighted by molar-refractivity contribution is 1.02. The van der Waals surface area contributed by atoms with Gasteiger partial charge in [-0.15, -0.1) is 10.2 Å². The smallest absolute Gasteiger partial charge is 0.241 e. The van der Waals surface area contributed by atoms with Crippen molar-refractivity contribution < 1.29 is 0 Å². The third-order valence-corrected chi connectivity index (χ3v) is 2.47. The Morgan fingerprint density at radius 3 is 2.53 bits per heavy atom. The summed E-state index contributed by atoms with van der Waals surface area (Å²) in [6.07, 6.45) is 0. The summed E-state index contributed by atoms with van der Waals surface area (Å²) in [5.41, 5.74) is 12.5. The number of anilines is 2. The Hall–Kier alpha value is -1.76. The van der Waals surface area contributed by atoms with E-state index in [2.05, 4.69) is 26.1 Å². The molecule has 0 aliphatic rings. The van der Waals surface area contributed by atoms with E-state index in [0.717, 1.165) is 4.47 Å². The Bertz CT molecular complexity index is 506. The van der Waals surface area contributed by atoms with Crippen molar-refractivity contribution in [2.45, 2.75) is 0 Å². The summed E-state index contributed by atoms with van der Waals surface area (Å²) in [4.78, 5) is 0. The summed E-state index contributed by atoms with van der Waals surface area (Å²) in [7, 11) is 0. The standard InChI is InChI=1S/C8H9BrN6/c9-4-1-2-6(10)5(3-4)7-13-14-8(11)15(7)12/h1-3H,10,12H2,(H2,11,14). The second-order valence-corrected chi connectivity index (χ2v) is 3.90. The van der Waals surface area contributed by atoms with E-state index in [4.69, 9.17) is 17.3 Å². The van der Waals surface area contributed by atoms with Gasteiger partial charge in [0, 0.05) is 15.7 Å². The van der Waals surface area contributed by atoms with Crippen LogP contribution in [0.2, 0.25) is 0 Å². The summed E-state index contributed by atoms with van der Waals surface area (Å²) in [5.74, 6) is 6.23. The van der Waals surface area contributed by atoms with E-state index in [0.29, 0.717) is 17.1 Å². The topological polar surface area (TPSA) is 109 Å². The molecule has 0 spiro atoms. The highest BCUT2D eigenvalue weighted by atomic mass is 79.9. The number of halogens is 1. The predicted molar refractivity (Wildman–Crippen MR) is 62.1 cm³/mol. The highest BCUT2D eigenvalue weighted by molar-refractivity contribution is 9.10. The molecule has 78 valence electrons. The number of benzene rings is 1. The zero-order chi connectivity index (χ0) is 11.0. The first kappa shape index (κ1) is 9.78. The van der Waals surface area contributed by atoms with Crippen LogP contribution in [0, 0.1) is 0 Å². The molecule has 6 nitrogen and oxygen atoms in total. The van der Waals surface area contributed by atoms with E-state index in [1.54, 1.807) is 6.07 Å². The van der Waals surface area contributed by atoms with E-state index in [1.165, 1.54) is 4.68 Å². The summed E-state index contributed by atoms with van der Waals surface area (Å²) in [6.45, 7) is 0. The third kappa shape index (κ3) is 1.61. The number of hydrogen-bond acceptors (Lipinski definition) is 5. The van der Waals surface area contributed by atoms with Crippen LogP contribution in [0.4, 0.5) is 11.6 Å². The Kier molecular flexibility index (Phi) is 2.24. The number of rotatable bonds is 1. The molecule has 0 bridgehead atoms. The fourth-order valence-electron chi connectivity index (χ4n) is 1.21. The molecule has 1 aromatic carbocycles. The zero-order valence-electron chi connectivity index (χ0n) is 7.68. The fourth-order valence-corrected chi connectivity index (χ4v) is 1.57. The van der Waals surface area contributed by atoms with Crippen LogP contribution >= 0.6 is 15.9 Å². The normalized spacial score (nSPS) is 10.5. The molecule has 7 heteroatoms. The van der Waals surface area contributed by atoms with Crippen molar-refractivity contribution in [3.63, 3.8) is 0 Å². The molecule has 0 radical (unpaired) electrons. The summed E-state index contributed by atoms with van der Waals surface area (Å²) in [5, 5.41) is 7.51. The maximum atomic E-state index is 5.80. The van der Waals surface area contributed by atoms with E-state index in [-0.39, 0.29) is 5.95 Å². The first-order chi connectivity index (χ1) is 7.09. The molecule has 0 aliphatic heterocycles. The highest BCUT2D eigenvalue weighted by Gasteiger charge is 2.12. The minimum absolute atomic E-state index is 0.143. The van der Waals surface area contributed by atoms with Crippen molar-refractivity contribution in [1.82, 2.24) is 14.9 Å². The van der Waals surface area contributed by atoms with Crippen LogP contribution in [0.25, 0.3) is 11.4 Å². The summed E-state index contributed by atoms with van der Waals surface area (Å²) in [6, 6.07) is 5.39. The lowest BCUT2D eigenvalue weighted by Gasteiger charge is -2.05. The fraction of sp³-hybridized carbons (Fsp3) is 0. The minimum Gasteiger partial charge on any atom is -0.398 e. The number of hydrogen-bond donors (Lipinski definition) is 3. The van der Waals surface area contributed by atoms with Crippen molar-refractivity contribution in [2.24, 2.45) is 0 Å². The van der Waals surface area contributed by atoms with Crippen LogP contribution in [0.3, 0.4) is 0 Å². The van der Waals surface area contributed by atoms with Gasteiger partial charge in [0.05, 0.1) is 0 Å². The molecule has 0 amide bonds. The minimum atomic E-state index is 0.143. The SMILES string of the molecule is Nc1ccc(Br)cc1-c1nnc(N)n1N. The second kappa shape index (κ2) is 3.43. The molecule has 0 saturated heterocycles. The summed E-state index contributed by atoms with van der Waals surface area (Å²) >= 11 is 3.34. The van der Waals surface area contributed by atoms with Gasteiger partial charge in [-0.2, -0.15) is 0 Å². The predicted octanol–water partition coefficient (Wildman–Crippen LogP) is 0.586. The lowest BCUT2D eigenvalue weighted by Crippen LogP contribution is -2.13. The molecule has 6 N–H and O–H groups in total. The number of nitrogens with zero attached hydrogens (tertiary/aromatic N) is 3. The molecule has 1 aromatic heterocycles. The third-order valence-electron chi connectivity index (χ3n) is 1.98. The van der Waals surface area contributed by atoms with E-state index in [1.807, 2.05) is 12.1 Å². The second-order valence-electron chi connectivity index (χ2n) is 2.98. The number of aromatic nitrogens is 3. The van der Waals surface area contributed by atoms with Crippen LogP contribution in [-0.4, -0.2) is 14.9 Å². The molecule has 0 fully saturated rings. The van der Waals surface area contributed by atoms with E-state index >= 15 is 0 Å². The van der Waals surface area contributed by atoms with Crippen LogP contribution in [0.15, 0.2) is 22.7 Å². The molecule has 2 aromatic rings. The van der Waals surface area contributed by atoms with Crippen LogP contribution in [0.1, 0.15) is 0 Å². The molecule has 0 aliphatic carbocycles. The quantitative estimate of drug-likeness (QED) is 0.518. The van der Waals surface area contributed by atoms with Gasteiger partial charge in [0.15, 0.2) is 5.82 Å². The monoisotopic (exact) mass is 268 g/mol. The van der Waals surface area contributed by atoms with E-state index < -0.39 is 0 Å². The van der Waals surface area contributed by atoms with Crippen molar-refractivity contribution in [3.8, 4) is 11.4 Å². The van der Waals surface area contributed by atoms with E-state index in [9.17, 15) is 0 Å². The van der Waals surface area contributed by atoms with Gasteiger partial charge in [-0.1, -0.05) is 15.9 Å². The highest BCUT2D eigenvalue weighted by Crippen LogP contribution is 2.27. The number of nitrogens with two attached hydrogens (primary N) is 3. The average molecular weight is 269 g/mol. The maximum Gasteiger partial charge on any atom is 0.241 e. The largest absolute Gasteiger partial charge is 0.398 e. The first-order valence-corrected chi connectivity index (χ1v) is 4.90. The molecule has 1 heterocycles. The molecule has 0 unspecified atom stereocenters. The maximum absolute atomic E-state index is 5.80. The van der Waals surface area contributed by atoms with Gasteiger partial charge < -0.3 is 17.3 Å². The van der Waals surface area contributed by atoms with Gasteiger partial charge in [0.2, 0.25) is 5.95 Å². The summed E-state index contributed by atoms with van der Waals surface area (Å²) < 4.78 is 2.08. The van der Waals surface area contributed by atoms with Crippen molar-refractivity contribution in [1.29, 1.82) is 0 Å². The van der Waals surface area contributed by atoms with Gasteiger partial charge in [-0.05, 0) is 18.2 Å². The van der Waals surface area contributed by atoms with Gasteiger partial charge in [-0.25, -0.2) is 4.68 Å². The van der Waals surface area contributed by atoms with Gasteiger partial charge >= 0.3 is 0 Å². The van der Waals surface area contributed by atoms with Crippen LogP contribution in [-0.2, 0) is 0 Å². The van der Waals surface area contributed by atoms with Crippen LogP contribution in [0.5, 0.6) is 0 Å². The molecular formula is C8H9BrN6. The zero-order valence-corrected chi connectivity index (χ0v) is 9.27. The first-order valence-electron chi connectivity index (χ1n) is 4.11. The van der Waals surface area contributed by atoms with Gasteiger partial charge in [0.25, 0.3) is 0 Å². The Balaban J connectivity index is 2.63. The lowest BCUT2D eigenvalue weighted by atomic mass is 10.2. The average Bonchev–Trinajstić information content (AvgIpc) is 2.52. The molecule has 0 saturated carbocycles. The molecule has 15 heavy (non-hydrogen) atoms. The Labute approximate surface area is 94.2 Å².